The minimum atomic E-state index is 0.121. The van der Waals surface area contributed by atoms with Crippen molar-refractivity contribution in [3.05, 3.63) is 23.5 Å². The Bertz CT molecular complexity index is 456. The molecular formula is C13H18N2O. The summed E-state index contributed by atoms with van der Waals surface area (Å²) in [4.78, 5) is 12.2. The van der Waals surface area contributed by atoms with Gasteiger partial charge in [-0.05, 0) is 25.3 Å². The van der Waals surface area contributed by atoms with Crippen LogP contribution in [-0.2, 0) is 11.8 Å². The molecule has 2 unspecified atom stereocenters. The largest absolute Gasteiger partial charge is 0.294 e. The number of carbonyl (C=O) groups excluding carboxylic acids is 1. The van der Waals surface area contributed by atoms with E-state index in [1.165, 1.54) is 5.57 Å². The van der Waals surface area contributed by atoms with E-state index in [4.69, 9.17) is 0 Å². The van der Waals surface area contributed by atoms with Crippen LogP contribution in [0.4, 0.5) is 0 Å². The highest BCUT2D eigenvalue weighted by molar-refractivity contribution is 6.22. The van der Waals surface area contributed by atoms with Crippen molar-refractivity contribution in [2.45, 2.75) is 27.2 Å². The van der Waals surface area contributed by atoms with Crippen LogP contribution in [0.25, 0.3) is 5.57 Å². The standard InChI is InChI=1S/C13H18N2O/c1-8-7-9(2)13(16)12(10(8)3)11-5-6-15(4)14-11/h5-6,8-9H,7H2,1-4H3. The number of nitrogens with zero attached hydrogens (tertiary/aromatic N) is 2. The lowest BCUT2D eigenvalue weighted by Crippen LogP contribution is -2.24. The molecule has 0 N–H and O–H groups in total. The predicted octanol–water partition coefficient (Wildman–Crippen LogP) is 2.44. The molecule has 0 aliphatic heterocycles. The van der Waals surface area contributed by atoms with E-state index in [0.717, 1.165) is 17.7 Å². The Kier molecular flexibility index (Phi) is 2.70. The Morgan fingerprint density at radius 1 is 1.38 bits per heavy atom. The minimum Gasteiger partial charge on any atom is -0.294 e. The van der Waals surface area contributed by atoms with Crippen LogP contribution in [-0.4, -0.2) is 15.6 Å². The molecule has 86 valence electrons. The molecule has 2 rings (SSSR count). The first kappa shape index (κ1) is 11.1. The quantitative estimate of drug-likeness (QED) is 0.725. The van der Waals surface area contributed by atoms with Gasteiger partial charge in [-0.2, -0.15) is 5.10 Å². The SMILES string of the molecule is CC1=C(c2ccn(C)n2)C(=O)C(C)CC1C. The first-order chi connectivity index (χ1) is 7.50. The summed E-state index contributed by atoms with van der Waals surface area (Å²) in [6, 6.07) is 1.92. The fourth-order valence-corrected chi connectivity index (χ4v) is 2.38. The van der Waals surface area contributed by atoms with E-state index in [-0.39, 0.29) is 11.7 Å². The smallest absolute Gasteiger partial charge is 0.167 e. The summed E-state index contributed by atoms with van der Waals surface area (Å²) in [5.41, 5.74) is 2.84. The second-order valence-corrected chi connectivity index (χ2v) is 4.83. The van der Waals surface area contributed by atoms with E-state index in [1.54, 1.807) is 4.68 Å². The second-order valence-electron chi connectivity index (χ2n) is 4.83. The molecule has 1 aromatic rings. The van der Waals surface area contributed by atoms with Crippen molar-refractivity contribution in [2.24, 2.45) is 18.9 Å². The van der Waals surface area contributed by atoms with E-state index in [0.29, 0.717) is 5.92 Å². The van der Waals surface area contributed by atoms with Gasteiger partial charge in [-0.25, -0.2) is 0 Å². The molecular weight excluding hydrogens is 200 g/mol. The molecule has 0 aromatic carbocycles. The van der Waals surface area contributed by atoms with Gasteiger partial charge >= 0.3 is 0 Å². The number of hydrogen-bond donors (Lipinski definition) is 0. The lowest BCUT2D eigenvalue weighted by molar-refractivity contribution is -0.117. The van der Waals surface area contributed by atoms with Crippen LogP contribution >= 0.6 is 0 Å². The molecule has 3 nitrogen and oxygen atoms in total. The van der Waals surface area contributed by atoms with E-state index in [9.17, 15) is 4.79 Å². The molecule has 0 saturated carbocycles. The van der Waals surface area contributed by atoms with Gasteiger partial charge in [0.1, 0.15) is 0 Å². The van der Waals surface area contributed by atoms with Crippen LogP contribution in [0.5, 0.6) is 0 Å². The Hall–Kier alpha value is -1.38. The average molecular weight is 218 g/mol. The Balaban J connectivity index is 2.51. The first-order valence-electron chi connectivity index (χ1n) is 5.75. The molecule has 0 spiro atoms. The van der Waals surface area contributed by atoms with Gasteiger partial charge in [0.2, 0.25) is 0 Å². The highest BCUT2D eigenvalue weighted by Gasteiger charge is 2.30. The molecule has 0 radical (unpaired) electrons. The van der Waals surface area contributed by atoms with Crippen molar-refractivity contribution >= 4 is 11.4 Å². The fraction of sp³-hybridized carbons (Fsp3) is 0.538. The van der Waals surface area contributed by atoms with Gasteiger partial charge in [-0.15, -0.1) is 0 Å². The number of ketones is 1. The lowest BCUT2D eigenvalue weighted by Gasteiger charge is -2.26. The third-order valence-electron chi connectivity index (χ3n) is 3.50. The van der Waals surface area contributed by atoms with E-state index in [1.807, 2.05) is 26.2 Å². The van der Waals surface area contributed by atoms with Gasteiger partial charge in [0.15, 0.2) is 5.78 Å². The van der Waals surface area contributed by atoms with E-state index in [2.05, 4.69) is 18.9 Å². The lowest BCUT2D eigenvalue weighted by atomic mass is 9.77. The first-order valence-corrected chi connectivity index (χ1v) is 5.75. The summed E-state index contributed by atoms with van der Waals surface area (Å²) in [6.45, 7) is 6.24. The highest BCUT2D eigenvalue weighted by Crippen LogP contribution is 2.35. The molecule has 1 aliphatic rings. The second kappa shape index (κ2) is 3.89. The topological polar surface area (TPSA) is 34.9 Å². The normalized spacial score (nSPS) is 26.4. The molecule has 1 aliphatic carbocycles. The van der Waals surface area contributed by atoms with E-state index >= 15 is 0 Å². The summed E-state index contributed by atoms with van der Waals surface area (Å²) in [6.07, 6.45) is 2.84. The maximum absolute atomic E-state index is 12.2. The van der Waals surface area contributed by atoms with Gasteiger partial charge in [-0.3, -0.25) is 9.48 Å². The molecule has 3 heteroatoms. The zero-order valence-corrected chi connectivity index (χ0v) is 10.3. The maximum atomic E-state index is 12.2. The molecule has 2 atom stereocenters. The van der Waals surface area contributed by atoms with Gasteiger partial charge < -0.3 is 0 Å². The third kappa shape index (κ3) is 1.70. The van der Waals surface area contributed by atoms with Crippen LogP contribution in [0.2, 0.25) is 0 Å². The Morgan fingerprint density at radius 3 is 2.62 bits per heavy atom. The third-order valence-corrected chi connectivity index (χ3v) is 3.50. The van der Waals surface area contributed by atoms with Crippen molar-refractivity contribution in [1.29, 1.82) is 0 Å². The highest BCUT2D eigenvalue weighted by atomic mass is 16.1. The van der Waals surface area contributed by atoms with Crippen molar-refractivity contribution in [3.63, 3.8) is 0 Å². The van der Waals surface area contributed by atoms with Crippen molar-refractivity contribution < 1.29 is 4.79 Å². The van der Waals surface area contributed by atoms with Crippen molar-refractivity contribution in [2.75, 3.05) is 0 Å². The summed E-state index contributed by atoms with van der Waals surface area (Å²) in [7, 11) is 1.87. The Morgan fingerprint density at radius 2 is 2.06 bits per heavy atom. The number of carbonyl (C=O) groups is 1. The van der Waals surface area contributed by atoms with Gasteiger partial charge in [-0.1, -0.05) is 19.4 Å². The summed E-state index contributed by atoms with van der Waals surface area (Å²) in [5, 5.41) is 4.34. The van der Waals surface area contributed by atoms with Crippen LogP contribution < -0.4 is 0 Å². The number of aryl methyl sites for hydroxylation is 1. The van der Waals surface area contributed by atoms with Gasteiger partial charge in [0, 0.05) is 24.7 Å². The number of hydrogen-bond acceptors (Lipinski definition) is 2. The van der Waals surface area contributed by atoms with Crippen molar-refractivity contribution in [1.82, 2.24) is 9.78 Å². The fourth-order valence-electron chi connectivity index (χ4n) is 2.38. The summed E-state index contributed by atoms with van der Waals surface area (Å²) in [5.74, 6) is 0.842. The van der Waals surface area contributed by atoms with Gasteiger partial charge in [0.05, 0.1) is 5.69 Å². The number of rotatable bonds is 1. The number of allylic oxidation sites excluding steroid dienone is 2. The van der Waals surface area contributed by atoms with Crippen LogP contribution in [0, 0.1) is 11.8 Å². The van der Waals surface area contributed by atoms with E-state index < -0.39 is 0 Å². The van der Waals surface area contributed by atoms with Crippen LogP contribution in [0.1, 0.15) is 32.9 Å². The van der Waals surface area contributed by atoms with Crippen molar-refractivity contribution in [3.8, 4) is 0 Å². The number of aromatic nitrogens is 2. The Labute approximate surface area is 96.2 Å². The molecule has 0 saturated heterocycles. The van der Waals surface area contributed by atoms with Crippen LogP contribution in [0.3, 0.4) is 0 Å². The summed E-state index contributed by atoms with van der Waals surface area (Å²) >= 11 is 0. The molecule has 1 aromatic heterocycles. The molecule has 16 heavy (non-hydrogen) atoms. The average Bonchev–Trinajstić information content (AvgIpc) is 2.62. The molecule has 1 heterocycles. The molecule has 0 amide bonds. The maximum Gasteiger partial charge on any atom is 0.167 e. The minimum absolute atomic E-state index is 0.121. The molecule has 0 bridgehead atoms. The predicted molar refractivity (Wildman–Crippen MR) is 63.8 cm³/mol. The zero-order valence-electron chi connectivity index (χ0n) is 10.3. The zero-order chi connectivity index (χ0) is 11.9. The molecule has 0 fully saturated rings. The van der Waals surface area contributed by atoms with Crippen LogP contribution in [0.15, 0.2) is 17.8 Å². The monoisotopic (exact) mass is 218 g/mol. The number of Topliss-reactive ketones (excluding diaryl/α,β-unsaturated/α-hetero) is 1. The van der Waals surface area contributed by atoms with Gasteiger partial charge in [0.25, 0.3) is 0 Å². The summed E-state index contributed by atoms with van der Waals surface area (Å²) < 4.78 is 1.74.